The van der Waals surface area contributed by atoms with E-state index in [1.165, 1.54) is 23.0 Å². The number of H-pyrrole nitrogens is 1. The summed E-state index contributed by atoms with van der Waals surface area (Å²) in [5.74, 6) is -0.281. The summed E-state index contributed by atoms with van der Waals surface area (Å²) in [5.41, 5.74) is 11.3. The Hall–Kier alpha value is -3.37. The Morgan fingerprint density at radius 2 is 1.67 bits per heavy atom. The van der Waals surface area contributed by atoms with Gasteiger partial charge in [-0.2, -0.15) is 10.1 Å². The number of phosphoric ester groups is 2. The van der Waals surface area contributed by atoms with Crippen LogP contribution in [0.25, 0.3) is 16.8 Å². The van der Waals surface area contributed by atoms with Crippen molar-refractivity contribution in [1.29, 1.82) is 0 Å². The van der Waals surface area contributed by atoms with Gasteiger partial charge in [0.2, 0.25) is 5.95 Å². The molecule has 4 aromatic rings. The summed E-state index contributed by atoms with van der Waals surface area (Å²) < 4.78 is 61.2. The van der Waals surface area contributed by atoms with Crippen LogP contribution in [-0.4, -0.2) is 104 Å². The predicted octanol–water partition coefficient (Wildman–Crippen LogP) is -1.90. The van der Waals surface area contributed by atoms with Crippen molar-refractivity contribution in [3.05, 3.63) is 40.8 Å². The van der Waals surface area contributed by atoms with Crippen molar-refractivity contribution in [3.8, 4) is 0 Å². The number of nitrogens with two attached hydrogens (primary N) is 2. The van der Waals surface area contributed by atoms with E-state index in [9.17, 15) is 33.9 Å². The van der Waals surface area contributed by atoms with Gasteiger partial charge in [-0.15, -0.1) is 0 Å². The van der Waals surface area contributed by atoms with E-state index in [1.54, 1.807) is 0 Å². The quantitative estimate of drug-likeness (QED) is 0.114. The minimum Gasteiger partial charge on any atom is -0.396 e. The highest BCUT2D eigenvalue weighted by atomic mass is 31.2. The average Bonchev–Trinajstić information content (AvgIpc) is 3.72. The first-order valence-electron chi connectivity index (χ1n) is 13.1. The highest BCUT2D eigenvalue weighted by molar-refractivity contribution is 7.47. The van der Waals surface area contributed by atoms with Gasteiger partial charge in [-0.3, -0.25) is 32.4 Å². The molecule has 3 saturated heterocycles. The number of hydrogen-bond donors (Lipinski definition) is 7. The van der Waals surface area contributed by atoms with Crippen LogP contribution in [0.2, 0.25) is 0 Å². The Kier molecular flexibility index (Phi) is 7.32. The number of aliphatic hydroxyl groups is 2. The summed E-state index contributed by atoms with van der Waals surface area (Å²) in [6.07, 6.45) is -8.70. The lowest BCUT2D eigenvalue weighted by molar-refractivity contribution is -0.0637. The number of nitrogens with one attached hydrogen (secondary N) is 1. The Bertz CT molecular complexity index is 1930. The number of phosphoric acid groups is 2. The lowest BCUT2D eigenvalue weighted by Gasteiger charge is -2.25. The zero-order chi connectivity index (χ0) is 31.8. The van der Waals surface area contributed by atoms with Crippen molar-refractivity contribution in [2.45, 2.75) is 49.0 Å². The molecule has 0 saturated carbocycles. The van der Waals surface area contributed by atoms with E-state index in [1.807, 2.05) is 0 Å². The van der Waals surface area contributed by atoms with E-state index in [2.05, 4.69) is 25.0 Å². The van der Waals surface area contributed by atoms with Gasteiger partial charge in [-0.25, -0.2) is 23.6 Å². The second kappa shape index (κ2) is 10.9. The molecule has 22 nitrogen and oxygen atoms in total. The van der Waals surface area contributed by atoms with Crippen molar-refractivity contribution in [2.24, 2.45) is 0 Å². The molecule has 10 atom stereocenters. The van der Waals surface area contributed by atoms with Crippen LogP contribution in [-0.2, 0) is 36.7 Å². The highest BCUT2D eigenvalue weighted by Gasteiger charge is 2.54. The number of imidazole rings is 2. The first-order chi connectivity index (χ1) is 21.3. The number of anilines is 2. The number of rotatable bonds is 2. The smallest absolute Gasteiger partial charge is 0.396 e. The zero-order valence-electron chi connectivity index (χ0n) is 22.5. The topological polar surface area (TPSA) is 316 Å². The molecule has 0 aromatic carbocycles. The largest absolute Gasteiger partial charge is 0.472 e. The van der Waals surface area contributed by atoms with E-state index < -0.39 is 83.4 Å². The number of aliphatic hydroxyl groups excluding tert-OH is 2. The summed E-state index contributed by atoms with van der Waals surface area (Å²) in [6, 6.07) is 1.50. The summed E-state index contributed by atoms with van der Waals surface area (Å²) in [5, 5.41) is 26.3. The molecule has 3 aliphatic heterocycles. The monoisotopic (exact) mass is 673 g/mol. The molecule has 0 amide bonds. The zero-order valence-corrected chi connectivity index (χ0v) is 24.3. The number of nitrogen functional groups attached to an aromatic ring is 2. The molecule has 2 unspecified atom stereocenters. The molecule has 9 N–H and O–H groups in total. The summed E-state index contributed by atoms with van der Waals surface area (Å²) in [4.78, 5) is 48.0. The minimum atomic E-state index is -5.10. The molecule has 0 spiro atoms. The van der Waals surface area contributed by atoms with Crippen LogP contribution < -0.4 is 17.0 Å². The first kappa shape index (κ1) is 30.3. The van der Waals surface area contributed by atoms with Gasteiger partial charge in [0.1, 0.15) is 42.7 Å². The number of aromatic amines is 1. The van der Waals surface area contributed by atoms with Crippen molar-refractivity contribution in [3.63, 3.8) is 0 Å². The van der Waals surface area contributed by atoms with Crippen LogP contribution in [0.3, 0.4) is 0 Å². The molecule has 7 rings (SSSR count). The van der Waals surface area contributed by atoms with Crippen molar-refractivity contribution >= 4 is 44.1 Å². The van der Waals surface area contributed by atoms with Crippen molar-refractivity contribution in [2.75, 3.05) is 24.7 Å². The number of hydrogen-bond acceptors (Lipinski definition) is 17. The molecule has 3 fully saturated rings. The van der Waals surface area contributed by atoms with Crippen LogP contribution in [0.1, 0.15) is 18.0 Å². The fraction of sp³-hybridized carbons (Fsp3) is 0.476. The second-order valence-corrected chi connectivity index (χ2v) is 13.1. The van der Waals surface area contributed by atoms with E-state index in [0.29, 0.717) is 0 Å². The Balaban J connectivity index is 1.21. The lowest BCUT2D eigenvalue weighted by atomic mass is 10.1. The van der Waals surface area contributed by atoms with E-state index in [4.69, 9.17) is 39.0 Å². The SMILES string of the molecule is Nc1nc2c(ncn2[C@@H]2O[C@@H]3COP(=O)(O)O[C@H]4[C@@H](O)[C@H](c5cnc6c(N)ccnn56)O[C@@H]4COP(=O)(O)O[C@@H]2[C@@H]3O)c(=O)[nH]1. The number of ether oxygens (including phenoxy) is 2. The molecule has 45 heavy (non-hydrogen) atoms. The third-order valence-electron chi connectivity index (χ3n) is 7.44. The molecular formula is C21H25N9O13P2. The third-order valence-corrected chi connectivity index (χ3v) is 9.41. The number of fused-ring (bicyclic) bond motifs is 5. The predicted molar refractivity (Wildman–Crippen MR) is 145 cm³/mol. The van der Waals surface area contributed by atoms with Crippen molar-refractivity contribution in [1.82, 2.24) is 34.1 Å². The summed E-state index contributed by atoms with van der Waals surface area (Å²) in [7, 11) is -10.2. The molecule has 7 heterocycles. The molecule has 4 aromatic heterocycles. The maximum Gasteiger partial charge on any atom is 0.472 e. The van der Waals surface area contributed by atoms with E-state index >= 15 is 0 Å². The fourth-order valence-electron chi connectivity index (χ4n) is 5.40. The first-order valence-corrected chi connectivity index (χ1v) is 16.1. The molecule has 3 aliphatic rings. The van der Waals surface area contributed by atoms with Gasteiger partial charge in [0, 0.05) is 0 Å². The molecule has 0 radical (unpaired) electrons. The van der Waals surface area contributed by atoms with Gasteiger partial charge >= 0.3 is 15.6 Å². The molecule has 0 aliphatic carbocycles. The van der Waals surface area contributed by atoms with Crippen molar-refractivity contribution < 1.29 is 56.7 Å². The summed E-state index contributed by atoms with van der Waals surface area (Å²) >= 11 is 0. The lowest BCUT2D eigenvalue weighted by Crippen LogP contribution is -2.36. The van der Waals surface area contributed by atoms with Crippen LogP contribution in [0.15, 0.2) is 29.6 Å². The average molecular weight is 673 g/mol. The van der Waals surface area contributed by atoms with Gasteiger partial charge in [0.05, 0.1) is 43.3 Å². The standard InChI is InChI=1S/C21H25N9O13P2/c22-7-1-2-26-30-8(3-24-17(7)30)14-13(32)15-10(40-14)5-39-45(36,37)43-16-12(31)9(4-38-44(34,35)42-15)41-20(16)29-6-25-11-18(29)27-21(23)28-19(11)33/h1-3,6,9-10,12-16,20,31-32H,4-5,22H2,(H,34,35)(H,36,37)(H3,23,27,28,33)/t9-,10-,12-,13+,14+,15-,16-,20-/m1/s1. The fourth-order valence-corrected chi connectivity index (χ4v) is 7.30. The number of nitrogens with zero attached hydrogens (tertiary/aromatic N) is 6. The Labute approximate surface area is 249 Å². The van der Waals surface area contributed by atoms with Gasteiger partial charge in [0.15, 0.2) is 23.0 Å². The molecule has 242 valence electrons. The Morgan fingerprint density at radius 3 is 2.42 bits per heavy atom. The van der Waals surface area contributed by atoms with Crippen LogP contribution >= 0.6 is 15.6 Å². The van der Waals surface area contributed by atoms with E-state index in [-0.39, 0.29) is 34.1 Å². The van der Waals surface area contributed by atoms with Gasteiger partial charge in [0.25, 0.3) is 5.56 Å². The Morgan fingerprint density at radius 1 is 0.956 bits per heavy atom. The second-order valence-electron chi connectivity index (χ2n) is 10.3. The third kappa shape index (κ3) is 5.33. The van der Waals surface area contributed by atoms with Gasteiger partial charge < -0.3 is 40.9 Å². The minimum absolute atomic E-state index is 0.125. The van der Waals surface area contributed by atoms with E-state index in [0.717, 1.165) is 10.9 Å². The highest BCUT2D eigenvalue weighted by Crippen LogP contribution is 2.54. The van der Waals surface area contributed by atoms with Crippen LogP contribution in [0.5, 0.6) is 0 Å². The van der Waals surface area contributed by atoms with Crippen LogP contribution in [0.4, 0.5) is 11.6 Å². The maximum absolute atomic E-state index is 13.2. The van der Waals surface area contributed by atoms with Gasteiger partial charge in [-0.1, -0.05) is 0 Å². The molecular weight excluding hydrogens is 648 g/mol. The maximum atomic E-state index is 13.2. The van der Waals surface area contributed by atoms with Crippen LogP contribution in [0, 0.1) is 0 Å². The van der Waals surface area contributed by atoms with Gasteiger partial charge in [-0.05, 0) is 6.07 Å². The molecule has 2 bridgehead atoms. The normalized spacial score (nSPS) is 37.7. The summed E-state index contributed by atoms with van der Waals surface area (Å²) in [6.45, 7) is -1.63. The molecule has 24 heteroatoms. The number of aromatic nitrogens is 7.